The molecule has 14 heavy (non-hydrogen) atoms. The Morgan fingerprint density at radius 1 is 1.29 bits per heavy atom. The molecule has 0 heteroatoms. The van der Waals surface area contributed by atoms with E-state index in [1.165, 1.54) is 57.8 Å². The minimum absolute atomic E-state index is 0.857. The van der Waals surface area contributed by atoms with Gasteiger partial charge in [-0.05, 0) is 18.3 Å². The molecule has 0 amide bonds. The van der Waals surface area contributed by atoms with Crippen LogP contribution in [0.3, 0.4) is 0 Å². The Labute approximate surface area is 89.8 Å². The van der Waals surface area contributed by atoms with Crippen LogP contribution in [0.2, 0.25) is 0 Å². The highest BCUT2D eigenvalue weighted by Crippen LogP contribution is 2.29. The van der Waals surface area contributed by atoms with E-state index in [1.807, 2.05) is 0 Å². The maximum atomic E-state index is 3.79. The van der Waals surface area contributed by atoms with Crippen molar-refractivity contribution in [2.45, 2.75) is 64.7 Å². The third-order valence-electron chi connectivity index (χ3n) is 3.60. The van der Waals surface area contributed by atoms with Crippen LogP contribution in [-0.2, 0) is 0 Å². The molecular formula is C14H26. The van der Waals surface area contributed by atoms with Crippen LogP contribution in [0.1, 0.15) is 64.7 Å². The first-order valence-electron chi connectivity index (χ1n) is 6.44. The molecule has 1 rings (SSSR count). The first kappa shape index (κ1) is 11.8. The Morgan fingerprint density at radius 3 is 2.64 bits per heavy atom. The van der Waals surface area contributed by atoms with E-state index in [4.69, 9.17) is 0 Å². The minimum atomic E-state index is 0.857. The molecule has 0 aromatic rings. The van der Waals surface area contributed by atoms with E-state index in [0.717, 1.165) is 11.8 Å². The van der Waals surface area contributed by atoms with Crippen LogP contribution in [0.4, 0.5) is 0 Å². The van der Waals surface area contributed by atoms with Crippen molar-refractivity contribution in [2.75, 3.05) is 0 Å². The quantitative estimate of drug-likeness (QED) is 0.397. The molecule has 0 N–H and O–H groups in total. The number of unbranched alkanes of at least 4 members (excludes halogenated alkanes) is 1. The molecule has 0 aromatic heterocycles. The zero-order chi connectivity index (χ0) is 10.2. The van der Waals surface area contributed by atoms with Crippen molar-refractivity contribution in [2.24, 2.45) is 11.8 Å². The molecule has 0 aromatic carbocycles. The van der Waals surface area contributed by atoms with Crippen LogP contribution in [0.15, 0.2) is 12.7 Å². The summed E-state index contributed by atoms with van der Waals surface area (Å²) in [6.07, 6.45) is 15.1. The van der Waals surface area contributed by atoms with E-state index < -0.39 is 0 Å². The Morgan fingerprint density at radius 2 is 2.00 bits per heavy atom. The largest absolute Gasteiger partial charge is 0.103 e. The highest BCUT2D eigenvalue weighted by Gasteiger charge is 2.13. The highest BCUT2D eigenvalue weighted by atomic mass is 14.2. The lowest BCUT2D eigenvalue weighted by molar-refractivity contribution is 0.437. The molecule has 1 fully saturated rings. The van der Waals surface area contributed by atoms with Crippen molar-refractivity contribution in [3.05, 3.63) is 12.7 Å². The van der Waals surface area contributed by atoms with Gasteiger partial charge in [0.1, 0.15) is 0 Å². The van der Waals surface area contributed by atoms with E-state index in [2.05, 4.69) is 19.6 Å². The summed E-state index contributed by atoms with van der Waals surface area (Å²) < 4.78 is 0. The molecular weight excluding hydrogens is 168 g/mol. The zero-order valence-corrected chi connectivity index (χ0v) is 9.80. The van der Waals surface area contributed by atoms with E-state index in [9.17, 15) is 0 Å². The van der Waals surface area contributed by atoms with Crippen molar-refractivity contribution in [1.29, 1.82) is 0 Å². The molecule has 0 nitrogen and oxygen atoms in total. The Kier molecular flexibility index (Phi) is 5.98. The lowest BCUT2D eigenvalue weighted by Crippen LogP contribution is -1.96. The van der Waals surface area contributed by atoms with Crippen LogP contribution in [-0.4, -0.2) is 0 Å². The number of hydrogen-bond donors (Lipinski definition) is 0. The fraction of sp³-hybridized carbons (Fsp3) is 0.857. The van der Waals surface area contributed by atoms with Gasteiger partial charge in [-0.1, -0.05) is 64.4 Å². The van der Waals surface area contributed by atoms with Crippen molar-refractivity contribution in [3.63, 3.8) is 0 Å². The Hall–Kier alpha value is -0.260. The highest BCUT2D eigenvalue weighted by molar-refractivity contribution is 4.71. The topological polar surface area (TPSA) is 0 Å². The van der Waals surface area contributed by atoms with Crippen LogP contribution in [0, 0.1) is 11.8 Å². The summed E-state index contributed by atoms with van der Waals surface area (Å²) in [6, 6.07) is 0. The first-order chi connectivity index (χ1) is 6.83. The minimum Gasteiger partial charge on any atom is -0.103 e. The SMILES string of the molecule is C=CC[C@@H](C)CCCCC1CCCC1. The van der Waals surface area contributed by atoms with Gasteiger partial charge in [-0.2, -0.15) is 0 Å². The van der Waals surface area contributed by atoms with Crippen molar-refractivity contribution < 1.29 is 0 Å². The number of hydrogen-bond acceptors (Lipinski definition) is 0. The molecule has 0 heterocycles. The summed E-state index contributed by atoms with van der Waals surface area (Å²) in [4.78, 5) is 0. The number of allylic oxidation sites excluding steroid dienone is 1. The molecule has 0 saturated heterocycles. The molecule has 82 valence electrons. The van der Waals surface area contributed by atoms with Gasteiger partial charge in [-0.3, -0.25) is 0 Å². The fourth-order valence-corrected chi connectivity index (χ4v) is 2.63. The maximum absolute atomic E-state index is 3.79. The van der Waals surface area contributed by atoms with Gasteiger partial charge in [0.25, 0.3) is 0 Å². The van der Waals surface area contributed by atoms with Gasteiger partial charge in [0, 0.05) is 0 Å². The average molecular weight is 194 g/mol. The summed E-state index contributed by atoms with van der Waals surface area (Å²) in [7, 11) is 0. The van der Waals surface area contributed by atoms with Gasteiger partial charge in [-0.25, -0.2) is 0 Å². The van der Waals surface area contributed by atoms with Gasteiger partial charge >= 0.3 is 0 Å². The van der Waals surface area contributed by atoms with Gasteiger partial charge in [0.15, 0.2) is 0 Å². The average Bonchev–Trinajstić information content (AvgIpc) is 2.65. The first-order valence-corrected chi connectivity index (χ1v) is 6.44. The lowest BCUT2D eigenvalue weighted by atomic mass is 9.96. The smallest absolute Gasteiger partial charge is 0.0328 e. The fourth-order valence-electron chi connectivity index (χ4n) is 2.63. The van der Waals surface area contributed by atoms with Crippen LogP contribution in [0.5, 0.6) is 0 Å². The second-order valence-corrected chi connectivity index (χ2v) is 5.06. The zero-order valence-electron chi connectivity index (χ0n) is 9.80. The van der Waals surface area contributed by atoms with Gasteiger partial charge in [0.2, 0.25) is 0 Å². The van der Waals surface area contributed by atoms with Gasteiger partial charge < -0.3 is 0 Å². The summed E-state index contributed by atoms with van der Waals surface area (Å²) in [6.45, 7) is 6.14. The molecule has 1 atom stereocenters. The van der Waals surface area contributed by atoms with Crippen molar-refractivity contribution in [3.8, 4) is 0 Å². The third kappa shape index (κ3) is 4.83. The summed E-state index contributed by atoms with van der Waals surface area (Å²) in [5.74, 6) is 1.95. The monoisotopic (exact) mass is 194 g/mol. The van der Waals surface area contributed by atoms with E-state index >= 15 is 0 Å². The molecule has 0 bridgehead atoms. The second-order valence-electron chi connectivity index (χ2n) is 5.06. The van der Waals surface area contributed by atoms with Gasteiger partial charge in [-0.15, -0.1) is 6.58 Å². The van der Waals surface area contributed by atoms with Crippen molar-refractivity contribution in [1.82, 2.24) is 0 Å². The molecule has 0 unspecified atom stereocenters. The molecule has 1 saturated carbocycles. The van der Waals surface area contributed by atoms with Crippen LogP contribution in [0.25, 0.3) is 0 Å². The Balaban J connectivity index is 1.90. The number of rotatable bonds is 7. The van der Waals surface area contributed by atoms with E-state index in [1.54, 1.807) is 0 Å². The summed E-state index contributed by atoms with van der Waals surface area (Å²) in [5.41, 5.74) is 0. The van der Waals surface area contributed by atoms with E-state index in [0.29, 0.717) is 0 Å². The summed E-state index contributed by atoms with van der Waals surface area (Å²) in [5, 5.41) is 0. The molecule has 1 aliphatic carbocycles. The standard InChI is InChI=1S/C14H26/c1-3-8-13(2)9-4-5-10-14-11-6-7-12-14/h3,13-14H,1,4-12H2,2H3/t13-/m1/s1. The second kappa shape index (κ2) is 7.09. The Bertz CT molecular complexity index is 142. The summed E-state index contributed by atoms with van der Waals surface area (Å²) >= 11 is 0. The molecule has 0 spiro atoms. The predicted molar refractivity (Wildman–Crippen MR) is 64.4 cm³/mol. The van der Waals surface area contributed by atoms with Gasteiger partial charge in [0.05, 0.1) is 0 Å². The lowest BCUT2D eigenvalue weighted by Gasteiger charge is -2.10. The van der Waals surface area contributed by atoms with E-state index in [-0.39, 0.29) is 0 Å². The maximum Gasteiger partial charge on any atom is -0.0328 e. The van der Waals surface area contributed by atoms with Crippen molar-refractivity contribution >= 4 is 0 Å². The van der Waals surface area contributed by atoms with Crippen LogP contribution < -0.4 is 0 Å². The normalized spacial score (nSPS) is 19.8. The molecule has 0 radical (unpaired) electrons. The third-order valence-corrected chi connectivity index (χ3v) is 3.60. The van der Waals surface area contributed by atoms with Crippen LogP contribution >= 0.6 is 0 Å². The molecule has 1 aliphatic rings. The molecule has 0 aliphatic heterocycles. The predicted octanol–water partition coefficient (Wildman–Crippen LogP) is 4.95.